The predicted octanol–water partition coefficient (Wildman–Crippen LogP) is 1.91. The minimum atomic E-state index is -0.190. The van der Waals surface area contributed by atoms with Gasteiger partial charge in [-0.1, -0.05) is 18.2 Å². The summed E-state index contributed by atoms with van der Waals surface area (Å²) in [6.07, 6.45) is 0.465. The Morgan fingerprint density at radius 3 is 2.80 bits per heavy atom. The first-order chi connectivity index (χ1) is 12.1. The lowest BCUT2D eigenvalue weighted by molar-refractivity contribution is 0.0953. The van der Waals surface area contributed by atoms with Crippen molar-refractivity contribution in [2.24, 2.45) is 7.05 Å². The third-order valence-electron chi connectivity index (χ3n) is 4.04. The highest BCUT2D eigenvalue weighted by Gasteiger charge is 2.09. The fourth-order valence-electron chi connectivity index (χ4n) is 2.64. The predicted molar refractivity (Wildman–Crippen MR) is 96.0 cm³/mol. The monoisotopic (exact) mass is 337 g/mol. The molecule has 0 spiro atoms. The molecule has 3 aromatic rings. The number of nitrogens with zero attached hydrogens (tertiary/aromatic N) is 2. The van der Waals surface area contributed by atoms with E-state index in [-0.39, 0.29) is 11.5 Å². The maximum atomic E-state index is 12.4. The van der Waals surface area contributed by atoms with Gasteiger partial charge in [-0.3, -0.25) is 14.2 Å². The quantitative estimate of drug-likeness (QED) is 0.772. The van der Waals surface area contributed by atoms with Crippen LogP contribution >= 0.6 is 0 Å². The Labute approximate surface area is 145 Å². The first-order valence-corrected chi connectivity index (χ1v) is 7.97. The number of hydrogen-bond donors (Lipinski definition) is 1. The molecule has 1 aromatic heterocycles. The molecule has 6 nitrogen and oxygen atoms in total. The van der Waals surface area contributed by atoms with Crippen molar-refractivity contribution in [1.82, 2.24) is 14.9 Å². The number of carbonyl (C=O) groups excluding carboxylic acids is 1. The lowest BCUT2D eigenvalue weighted by Gasteiger charge is -2.10. The minimum absolute atomic E-state index is 0.0836. The van der Waals surface area contributed by atoms with Gasteiger partial charge in [-0.15, -0.1) is 0 Å². The molecule has 1 heterocycles. The first kappa shape index (κ1) is 16.7. The Morgan fingerprint density at radius 2 is 2.00 bits per heavy atom. The first-order valence-electron chi connectivity index (χ1n) is 7.97. The van der Waals surface area contributed by atoms with Crippen molar-refractivity contribution in [3.63, 3.8) is 0 Å². The number of nitrogens with one attached hydrogen (secondary N) is 1. The molecule has 3 rings (SSSR count). The van der Waals surface area contributed by atoms with Gasteiger partial charge in [0.25, 0.3) is 11.5 Å². The SMILES string of the molecule is COc1cccc(C(=O)NCCc2nc3ccccc3c(=O)n2C)c1. The van der Waals surface area contributed by atoms with Crippen LogP contribution in [0.5, 0.6) is 5.75 Å². The van der Waals surface area contributed by atoms with Crippen LogP contribution in [0.4, 0.5) is 0 Å². The number of carbonyl (C=O) groups is 1. The standard InChI is InChI=1S/C19H19N3O3/c1-22-17(21-16-9-4-3-8-15(16)19(22)24)10-11-20-18(23)13-6-5-7-14(12-13)25-2/h3-9,12H,10-11H2,1-2H3,(H,20,23). The van der Waals surface area contributed by atoms with E-state index in [0.717, 1.165) is 0 Å². The zero-order valence-corrected chi connectivity index (χ0v) is 14.2. The number of hydrogen-bond acceptors (Lipinski definition) is 4. The fourth-order valence-corrected chi connectivity index (χ4v) is 2.64. The van der Waals surface area contributed by atoms with Crippen LogP contribution in [0, 0.1) is 0 Å². The molecule has 0 saturated heterocycles. The van der Waals surface area contributed by atoms with E-state index in [1.54, 1.807) is 44.5 Å². The second-order valence-electron chi connectivity index (χ2n) is 5.65. The number of para-hydroxylation sites is 1. The van der Waals surface area contributed by atoms with Crippen LogP contribution in [0.1, 0.15) is 16.2 Å². The molecule has 6 heteroatoms. The normalized spacial score (nSPS) is 10.6. The molecule has 0 aliphatic heterocycles. The van der Waals surface area contributed by atoms with Crippen molar-refractivity contribution in [2.75, 3.05) is 13.7 Å². The number of rotatable bonds is 5. The lowest BCUT2D eigenvalue weighted by atomic mass is 10.2. The van der Waals surface area contributed by atoms with Gasteiger partial charge in [-0.05, 0) is 30.3 Å². The molecule has 0 atom stereocenters. The zero-order valence-electron chi connectivity index (χ0n) is 14.2. The Bertz CT molecular complexity index is 979. The maximum Gasteiger partial charge on any atom is 0.261 e. The third kappa shape index (κ3) is 3.52. The molecule has 2 aromatic carbocycles. The third-order valence-corrected chi connectivity index (χ3v) is 4.04. The van der Waals surface area contributed by atoms with Crippen LogP contribution < -0.4 is 15.6 Å². The van der Waals surface area contributed by atoms with E-state index in [1.165, 1.54) is 4.57 Å². The molecule has 0 aliphatic rings. The van der Waals surface area contributed by atoms with Crippen LogP contribution in [0.3, 0.4) is 0 Å². The highest BCUT2D eigenvalue weighted by molar-refractivity contribution is 5.94. The molecule has 0 unspecified atom stereocenters. The Kier molecular flexibility index (Phi) is 4.79. The minimum Gasteiger partial charge on any atom is -0.497 e. The second-order valence-corrected chi connectivity index (χ2v) is 5.65. The van der Waals surface area contributed by atoms with Gasteiger partial charge in [-0.2, -0.15) is 0 Å². The van der Waals surface area contributed by atoms with E-state index >= 15 is 0 Å². The highest BCUT2D eigenvalue weighted by atomic mass is 16.5. The molecule has 128 valence electrons. The Hall–Kier alpha value is -3.15. The summed E-state index contributed by atoms with van der Waals surface area (Å²) < 4.78 is 6.65. The van der Waals surface area contributed by atoms with Crippen molar-refractivity contribution in [3.8, 4) is 5.75 Å². The van der Waals surface area contributed by atoms with Crippen LogP contribution in [0.2, 0.25) is 0 Å². The van der Waals surface area contributed by atoms with Gasteiger partial charge in [0.2, 0.25) is 0 Å². The van der Waals surface area contributed by atoms with Gasteiger partial charge in [0.1, 0.15) is 11.6 Å². The molecular weight excluding hydrogens is 318 g/mol. The van der Waals surface area contributed by atoms with E-state index in [1.807, 2.05) is 18.2 Å². The fraction of sp³-hybridized carbons (Fsp3) is 0.211. The number of fused-ring (bicyclic) bond motifs is 1. The van der Waals surface area contributed by atoms with Crippen molar-refractivity contribution in [2.45, 2.75) is 6.42 Å². The topological polar surface area (TPSA) is 73.2 Å². The molecule has 0 saturated carbocycles. The summed E-state index contributed by atoms with van der Waals surface area (Å²) in [5, 5.41) is 3.44. The highest BCUT2D eigenvalue weighted by Crippen LogP contribution is 2.12. The number of benzene rings is 2. The summed E-state index contributed by atoms with van der Waals surface area (Å²) in [7, 11) is 3.25. The largest absolute Gasteiger partial charge is 0.497 e. The van der Waals surface area contributed by atoms with Crippen molar-refractivity contribution in [1.29, 1.82) is 0 Å². The maximum absolute atomic E-state index is 12.4. The lowest BCUT2D eigenvalue weighted by Crippen LogP contribution is -2.29. The summed E-state index contributed by atoms with van der Waals surface area (Å²) in [6, 6.07) is 14.2. The molecule has 0 fully saturated rings. The van der Waals surface area contributed by atoms with E-state index in [9.17, 15) is 9.59 Å². The van der Waals surface area contributed by atoms with Gasteiger partial charge >= 0.3 is 0 Å². The van der Waals surface area contributed by atoms with Crippen molar-refractivity contribution < 1.29 is 9.53 Å². The van der Waals surface area contributed by atoms with E-state index < -0.39 is 0 Å². The molecule has 1 N–H and O–H groups in total. The summed E-state index contributed by atoms with van der Waals surface area (Å²) in [5.41, 5.74) is 1.11. The molecule has 0 aliphatic carbocycles. The molecule has 25 heavy (non-hydrogen) atoms. The van der Waals surface area contributed by atoms with Crippen molar-refractivity contribution in [3.05, 3.63) is 70.3 Å². The number of methoxy groups -OCH3 is 1. The Balaban J connectivity index is 1.71. The average Bonchev–Trinajstić information content (AvgIpc) is 2.65. The van der Waals surface area contributed by atoms with E-state index in [2.05, 4.69) is 10.3 Å². The average molecular weight is 337 g/mol. The Morgan fingerprint density at radius 1 is 1.20 bits per heavy atom. The van der Waals surface area contributed by atoms with Gasteiger partial charge < -0.3 is 10.1 Å². The van der Waals surface area contributed by atoms with Crippen molar-refractivity contribution >= 4 is 16.8 Å². The van der Waals surface area contributed by atoms with Gasteiger partial charge in [0.05, 0.1) is 18.0 Å². The summed E-state index contributed by atoms with van der Waals surface area (Å²) >= 11 is 0. The second kappa shape index (κ2) is 7.17. The smallest absolute Gasteiger partial charge is 0.261 e. The zero-order chi connectivity index (χ0) is 17.8. The van der Waals surface area contributed by atoms with Crippen LogP contribution in [-0.4, -0.2) is 29.1 Å². The summed E-state index contributed by atoms with van der Waals surface area (Å²) in [5.74, 6) is 1.07. The number of ether oxygens (including phenoxy) is 1. The van der Waals surface area contributed by atoms with Gasteiger partial charge in [0.15, 0.2) is 0 Å². The molecule has 0 radical (unpaired) electrons. The van der Waals surface area contributed by atoms with Gasteiger partial charge in [-0.25, -0.2) is 4.98 Å². The molecule has 0 bridgehead atoms. The van der Waals surface area contributed by atoms with E-state index in [4.69, 9.17) is 4.74 Å². The van der Waals surface area contributed by atoms with E-state index in [0.29, 0.717) is 41.0 Å². The number of amides is 1. The number of aromatic nitrogens is 2. The van der Waals surface area contributed by atoms with Gasteiger partial charge in [0, 0.05) is 25.6 Å². The summed E-state index contributed by atoms with van der Waals surface area (Å²) in [4.78, 5) is 29.1. The molecular formula is C19H19N3O3. The van der Waals surface area contributed by atoms with Crippen LogP contribution in [0.15, 0.2) is 53.3 Å². The summed E-state index contributed by atoms with van der Waals surface area (Å²) in [6.45, 7) is 0.384. The van der Waals surface area contributed by atoms with Crippen LogP contribution in [0.25, 0.3) is 10.9 Å². The van der Waals surface area contributed by atoms with Crippen LogP contribution in [-0.2, 0) is 13.5 Å². The molecule has 1 amide bonds.